The van der Waals surface area contributed by atoms with Crippen molar-refractivity contribution < 1.29 is 23.7 Å². The van der Waals surface area contributed by atoms with Crippen LogP contribution in [0.2, 0.25) is 0 Å². The summed E-state index contributed by atoms with van der Waals surface area (Å²) in [5, 5.41) is 24.7. The summed E-state index contributed by atoms with van der Waals surface area (Å²) < 4.78 is 35.0. The maximum atomic E-state index is 14.3. The van der Waals surface area contributed by atoms with Gasteiger partial charge in [-0.05, 0) is 35.9 Å². The minimum Gasteiger partial charge on any atom is -0.473 e. The summed E-state index contributed by atoms with van der Waals surface area (Å²) in [4.78, 5) is 11.7. The second-order valence-electron chi connectivity index (χ2n) is 12.0. The van der Waals surface area contributed by atoms with E-state index in [1.165, 1.54) is 6.07 Å². The highest BCUT2D eigenvalue weighted by atomic mass is 19.1. The van der Waals surface area contributed by atoms with E-state index >= 15 is 0 Å². The van der Waals surface area contributed by atoms with Crippen molar-refractivity contribution in [3.63, 3.8) is 0 Å². The van der Waals surface area contributed by atoms with Crippen molar-refractivity contribution in [2.45, 2.75) is 38.4 Å². The van der Waals surface area contributed by atoms with E-state index in [1.54, 1.807) is 18.2 Å². The molecule has 0 saturated carbocycles. The van der Waals surface area contributed by atoms with Gasteiger partial charge in [0.15, 0.2) is 0 Å². The first-order valence-electron chi connectivity index (χ1n) is 14.9. The molecule has 6 heterocycles. The lowest BCUT2D eigenvalue weighted by molar-refractivity contribution is -0.184. The van der Waals surface area contributed by atoms with Gasteiger partial charge in [-0.15, -0.1) is 0 Å². The zero-order valence-electron chi connectivity index (χ0n) is 24.4. The van der Waals surface area contributed by atoms with Crippen LogP contribution in [0.25, 0.3) is 11.0 Å². The van der Waals surface area contributed by atoms with Gasteiger partial charge < -0.3 is 28.8 Å². The molecule has 0 amide bonds. The first-order valence-corrected chi connectivity index (χ1v) is 14.9. The summed E-state index contributed by atoms with van der Waals surface area (Å²) in [7, 11) is 0. The molecule has 5 aromatic rings. The Kier molecular flexibility index (Phi) is 6.74. The third-order valence-electron chi connectivity index (χ3n) is 8.71. The second-order valence-corrected chi connectivity index (χ2v) is 12.0. The van der Waals surface area contributed by atoms with E-state index in [4.69, 9.17) is 29.6 Å². The quantitative estimate of drug-likeness (QED) is 0.268. The summed E-state index contributed by atoms with van der Waals surface area (Å²) in [6.45, 7) is 4.64. The lowest BCUT2D eigenvalue weighted by Gasteiger charge is -2.36. The van der Waals surface area contributed by atoms with E-state index in [0.29, 0.717) is 50.2 Å². The summed E-state index contributed by atoms with van der Waals surface area (Å²) in [5.41, 5.74) is 4.51. The molecule has 45 heavy (non-hydrogen) atoms. The number of pyridine rings is 1. The molecule has 0 bridgehead atoms. The van der Waals surface area contributed by atoms with E-state index < -0.39 is 11.4 Å². The highest BCUT2D eigenvalue weighted by molar-refractivity contribution is 5.77. The Labute approximate surface area is 258 Å². The van der Waals surface area contributed by atoms with Crippen LogP contribution in [0.5, 0.6) is 5.88 Å². The number of hydrogen-bond donors (Lipinski definition) is 1. The van der Waals surface area contributed by atoms with Gasteiger partial charge in [0.25, 0.3) is 0 Å². The largest absolute Gasteiger partial charge is 0.473 e. The van der Waals surface area contributed by atoms with Crippen LogP contribution in [0.3, 0.4) is 0 Å². The minimum absolute atomic E-state index is 0.00988. The van der Waals surface area contributed by atoms with E-state index in [2.05, 4.69) is 20.6 Å². The number of imidazole rings is 1. The number of aliphatic hydroxyl groups is 1. The molecule has 0 radical (unpaired) electrons. The molecule has 8 rings (SSSR count). The number of aromatic nitrogens is 5. The number of ether oxygens (including phenoxy) is 3. The molecule has 3 aliphatic heterocycles. The average Bonchev–Trinajstić information content (AvgIpc) is 3.68. The molecule has 3 aliphatic rings. The van der Waals surface area contributed by atoms with Gasteiger partial charge in [0.05, 0.1) is 67.9 Å². The third kappa shape index (κ3) is 5.18. The number of halogens is 1. The first-order chi connectivity index (χ1) is 21.9. The Morgan fingerprint density at radius 2 is 1.96 bits per heavy atom. The molecule has 2 fully saturated rings. The fraction of sp³-hybridized carbons (Fsp3) is 0.333. The molecular formula is C33H30FN7O4. The molecule has 0 unspecified atom stereocenters. The van der Waals surface area contributed by atoms with Crippen molar-refractivity contribution in [2.24, 2.45) is 5.92 Å². The molecule has 0 atom stereocenters. The smallest absolute Gasteiger partial charge is 0.215 e. The Balaban J connectivity index is 0.974. The fourth-order valence-electron chi connectivity index (χ4n) is 6.04. The van der Waals surface area contributed by atoms with Crippen LogP contribution in [0.4, 0.5) is 10.2 Å². The lowest BCUT2D eigenvalue weighted by atomic mass is 9.92. The van der Waals surface area contributed by atoms with Crippen molar-refractivity contribution >= 4 is 16.9 Å². The first kappa shape index (κ1) is 27.7. The Morgan fingerprint density at radius 3 is 2.69 bits per heavy atom. The van der Waals surface area contributed by atoms with Gasteiger partial charge in [-0.1, -0.05) is 18.2 Å². The van der Waals surface area contributed by atoms with E-state index in [9.17, 15) is 9.50 Å². The van der Waals surface area contributed by atoms with E-state index in [0.717, 1.165) is 59.3 Å². The SMILES string of the molecule is N#Cc1ccc(COc2cccc(N3Cc4cn(Cc5nc6ccc(C7(O)COC7)cc6n5CC5COC5)nc4C3)n2)c(F)c1. The van der Waals surface area contributed by atoms with Gasteiger partial charge in [0.2, 0.25) is 5.88 Å². The van der Waals surface area contributed by atoms with Crippen LogP contribution in [-0.2, 0) is 47.9 Å². The predicted octanol–water partition coefficient (Wildman–Crippen LogP) is 3.65. The number of nitriles is 1. The molecule has 12 heteroatoms. The topological polar surface area (TPSA) is 123 Å². The van der Waals surface area contributed by atoms with Gasteiger partial charge in [-0.25, -0.2) is 9.37 Å². The van der Waals surface area contributed by atoms with Gasteiger partial charge in [0.1, 0.15) is 29.7 Å². The monoisotopic (exact) mass is 607 g/mol. The van der Waals surface area contributed by atoms with Crippen molar-refractivity contribution in [1.82, 2.24) is 24.3 Å². The molecule has 0 spiro atoms. The maximum Gasteiger partial charge on any atom is 0.215 e. The van der Waals surface area contributed by atoms with Crippen LogP contribution < -0.4 is 9.64 Å². The summed E-state index contributed by atoms with van der Waals surface area (Å²) in [5.74, 6) is 1.99. The van der Waals surface area contributed by atoms with Crippen molar-refractivity contribution in [3.8, 4) is 11.9 Å². The Hall–Kier alpha value is -4.83. The van der Waals surface area contributed by atoms with Crippen LogP contribution in [0, 0.1) is 23.1 Å². The molecule has 228 valence electrons. The predicted molar refractivity (Wildman–Crippen MR) is 160 cm³/mol. The number of hydrogen-bond acceptors (Lipinski definition) is 9. The molecule has 1 N–H and O–H groups in total. The molecule has 2 saturated heterocycles. The fourth-order valence-corrected chi connectivity index (χ4v) is 6.04. The number of nitrogens with zero attached hydrogens (tertiary/aromatic N) is 7. The van der Waals surface area contributed by atoms with Crippen LogP contribution in [-0.4, -0.2) is 55.8 Å². The van der Waals surface area contributed by atoms with Crippen LogP contribution >= 0.6 is 0 Å². The second kappa shape index (κ2) is 11.0. The van der Waals surface area contributed by atoms with E-state index in [1.807, 2.05) is 41.1 Å². The van der Waals surface area contributed by atoms with Crippen molar-refractivity contribution in [1.29, 1.82) is 5.26 Å². The summed E-state index contributed by atoms with van der Waals surface area (Å²) in [6, 6.07) is 17.7. The lowest BCUT2D eigenvalue weighted by Crippen LogP contribution is -2.46. The van der Waals surface area contributed by atoms with E-state index in [-0.39, 0.29) is 12.2 Å². The number of anilines is 1. The minimum atomic E-state index is -0.943. The molecule has 3 aromatic heterocycles. The van der Waals surface area contributed by atoms with Crippen LogP contribution in [0.1, 0.15) is 33.8 Å². The Bertz CT molecular complexity index is 1930. The van der Waals surface area contributed by atoms with Gasteiger partial charge in [-0.3, -0.25) is 4.68 Å². The van der Waals surface area contributed by atoms with Crippen molar-refractivity contribution in [2.75, 3.05) is 31.3 Å². The van der Waals surface area contributed by atoms with Gasteiger partial charge in [0, 0.05) is 42.4 Å². The third-order valence-corrected chi connectivity index (χ3v) is 8.71. The summed E-state index contributed by atoms with van der Waals surface area (Å²) >= 11 is 0. The molecular weight excluding hydrogens is 577 g/mol. The number of benzene rings is 2. The molecule has 0 aliphatic carbocycles. The average molecular weight is 608 g/mol. The van der Waals surface area contributed by atoms with Crippen LogP contribution in [0.15, 0.2) is 60.8 Å². The Morgan fingerprint density at radius 1 is 1.07 bits per heavy atom. The summed E-state index contributed by atoms with van der Waals surface area (Å²) in [6.07, 6.45) is 2.07. The number of fused-ring (bicyclic) bond motifs is 2. The highest BCUT2D eigenvalue weighted by Gasteiger charge is 2.38. The zero-order chi connectivity index (χ0) is 30.5. The number of rotatable bonds is 9. The van der Waals surface area contributed by atoms with Gasteiger partial charge >= 0.3 is 0 Å². The van der Waals surface area contributed by atoms with Gasteiger partial charge in [-0.2, -0.15) is 15.3 Å². The van der Waals surface area contributed by atoms with Crippen molar-refractivity contribution in [3.05, 3.63) is 100 Å². The molecule has 2 aromatic carbocycles. The molecule has 11 nitrogen and oxygen atoms in total. The standard InChI is InChI=1S/C33H30FN7O4/c34-26-8-21(10-35)4-5-23(26)18-45-32-3-1-2-30(37-32)39-12-24-13-40(38-28(24)14-39)15-31-36-27-7-6-25(33(42)19-44-20-33)9-29(27)41(31)11-22-16-43-17-22/h1-9,13,22,42H,11-12,14-20H2. The zero-order valence-corrected chi connectivity index (χ0v) is 24.4. The maximum absolute atomic E-state index is 14.3. The highest BCUT2D eigenvalue weighted by Crippen LogP contribution is 2.33. The normalized spacial score (nSPS) is 17.1.